The Morgan fingerprint density at radius 2 is 1.85 bits per heavy atom. The molecule has 2 aromatic carbocycles. The van der Waals surface area contributed by atoms with Gasteiger partial charge in [0.25, 0.3) is 5.91 Å². The topological polar surface area (TPSA) is 46.9 Å². The Bertz CT molecular complexity index is 1070. The largest absolute Gasteiger partial charge is 0.344 e. The summed E-state index contributed by atoms with van der Waals surface area (Å²) >= 11 is 1.49. The van der Waals surface area contributed by atoms with Gasteiger partial charge in [0.05, 0.1) is 11.7 Å². The van der Waals surface area contributed by atoms with Crippen LogP contribution in [0.3, 0.4) is 0 Å². The average Bonchev–Trinajstić information content (AvgIpc) is 3.28. The second-order valence-electron chi connectivity index (χ2n) is 6.29. The summed E-state index contributed by atoms with van der Waals surface area (Å²) in [5.41, 5.74) is 3.70. The molecule has 1 N–H and O–H groups in total. The number of aryl methyl sites for hydroxylation is 1. The summed E-state index contributed by atoms with van der Waals surface area (Å²) in [6.45, 7) is 1.98. The molecule has 0 fully saturated rings. The van der Waals surface area contributed by atoms with Gasteiger partial charge >= 0.3 is 0 Å². The van der Waals surface area contributed by atoms with Crippen molar-refractivity contribution in [2.45, 2.75) is 13.0 Å². The first kappa shape index (κ1) is 16.5. The molecule has 0 bridgehead atoms. The van der Waals surface area contributed by atoms with Crippen LogP contribution in [-0.2, 0) is 7.05 Å². The molecule has 2 heterocycles. The fourth-order valence-corrected chi connectivity index (χ4v) is 3.94. The van der Waals surface area contributed by atoms with Crippen LogP contribution in [0.25, 0.3) is 21.6 Å². The van der Waals surface area contributed by atoms with E-state index in [0.29, 0.717) is 5.69 Å². The molecule has 0 aliphatic carbocycles. The minimum Gasteiger partial charge on any atom is -0.344 e. The van der Waals surface area contributed by atoms with Crippen LogP contribution in [0.2, 0.25) is 0 Å². The highest BCUT2D eigenvalue weighted by molar-refractivity contribution is 7.13. The van der Waals surface area contributed by atoms with Crippen LogP contribution in [-0.4, -0.2) is 15.5 Å². The third-order valence-corrected chi connectivity index (χ3v) is 5.42. The normalized spacial score (nSPS) is 12.2. The van der Waals surface area contributed by atoms with E-state index >= 15 is 0 Å². The standard InChI is InChI=1S/C21H19N3OS/c1-14(15-8-4-3-5-9-15)22-20(25)17-13-26-21(23-17)19-12-16-10-6-7-11-18(16)24(19)2/h3-14H,1-2H3,(H,22,25). The zero-order chi connectivity index (χ0) is 18.1. The van der Waals surface area contributed by atoms with E-state index in [-0.39, 0.29) is 11.9 Å². The molecule has 26 heavy (non-hydrogen) atoms. The molecule has 1 atom stereocenters. The van der Waals surface area contributed by atoms with Gasteiger partial charge in [0.15, 0.2) is 0 Å². The Labute approximate surface area is 156 Å². The highest BCUT2D eigenvalue weighted by Gasteiger charge is 2.17. The van der Waals surface area contributed by atoms with Crippen molar-refractivity contribution < 1.29 is 4.79 Å². The molecule has 0 saturated carbocycles. The van der Waals surface area contributed by atoms with Gasteiger partial charge in [-0.05, 0) is 24.6 Å². The summed E-state index contributed by atoms with van der Waals surface area (Å²) in [5.74, 6) is -0.150. The van der Waals surface area contributed by atoms with Crippen molar-refractivity contribution in [3.63, 3.8) is 0 Å². The lowest BCUT2D eigenvalue weighted by molar-refractivity contribution is 0.0935. The Hall–Kier alpha value is -2.92. The molecule has 1 amide bonds. The van der Waals surface area contributed by atoms with Crippen LogP contribution in [0.1, 0.15) is 29.0 Å². The smallest absolute Gasteiger partial charge is 0.271 e. The number of amides is 1. The van der Waals surface area contributed by atoms with E-state index in [1.807, 2.05) is 61.8 Å². The fraction of sp³-hybridized carbons (Fsp3) is 0.143. The average molecular weight is 361 g/mol. The summed E-state index contributed by atoms with van der Waals surface area (Å²) in [5, 5.41) is 6.86. The van der Waals surface area contributed by atoms with Gasteiger partial charge < -0.3 is 9.88 Å². The van der Waals surface area contributed by atoms with Crippen LogP contribution in [0.15, 0.2) is 66.0 Å². The predicted molar refractivity (Wildman–Crippen MR) is 106 cm³/mol. The molecular weight excluding hydrogens is 342 g/mol. The van der Waals surface area contributed by atoms with E-state index in [1.165, 1.54) is 16.7 Å². The fourth-order valence-electron chi connectivity index (χ4n) is 3.09. The Kier molecular flexibility index (Phi) is 4.31. The lowest BCUT2D eigenvalue weighted by Crippen LogP contribution is -2.26. The van der Waals surface area contributed by atoms with Gasteiger partial charge in [-0.15, -0.1) is 11.3 Å². The first-order valence-corrected chi connectivity index (χ1v) is 9.37. The highest BCUT2D eigenvalue weighted by Crippen LogP contribution is 2.29. The quantitative estimate of drug-likeness (QED) is 0.568. The lowest BCUT2D eigenvalue weighted by Gasteiger charge is -2.13. The molecule has 0 aliphatic heterocycles. The third-order valence-electron chi connectivity index (χ3n) is 4.55. The number of rotatable bonds is 4. The number of carbonyl (C=O) groups excluding carboxylic acids is 1. The summed E-state index contributed by atoms with van der Waals surface area (Å²) < 4.78 is 2.11. The molecule has 0 spiro atoms. The van der Waals surface area contributed by atoms with Crippen LogP contribution in [0.4, 0.5) is 0 Å². The van der Waals surface area contributed by atoms with Crippen molar-refractivity contribution in [2.75, 3.05) is 0 Å². The number of aromatic nitrogens is 2. The monoisotopic (exact) mass is 361 g/mol. The van der Waals surface area contributed by atoms with Crippen molar-refractivity contribution >= 4 is 28.1 Å². The van der Waals surface area contributed by atoms with E-state index in [2.05, 4.69) is 33.1 Å². The number of thiazole rings is 1. The number of fused-ring (bicyclic) bond motifs is 1. The Morgan fingerprint density at radius 1 is 1.12 bits per heavy atom. The lowest BCUT2D eigenvalue weighted by atomic mass is 10.1. The maximum absolute atomic E-state index is 12.6. The van der Waals surface area contributed by atoms with E-state index < -0.39 is 0 Å². The van der Waals surface area contributed by atoms with Gasteiger partial charge in [0.1, 0.15) is 10.7 Å². The first-order chi connectivity index (χ1) is 12.6. The number of nitrogens with one attached hydrogen (secondary N) is 1. The molecule has 0 radical (unpaired) electrons. The third kappa shape index (κ3) is 3.02. The summed E-state index contributed by atoms with van der Waals surface area (Å²) in [4.78, 5) is 17.1. The Balaban J connectivity index is 1.57. The van der Waals surface area contributed by atoms with Crippen LogP contribution < -0.4 is 5.32 Å². The molecule has 0 saturated heterocycles. The van der Waals surface area contributed by atoms with Gasteiger partial charge in [-0.25, -0.2) is 4.98 Å². The predicted octanol–water partition coefficient (Wildman–Crippen LogP) is 4.79. The van der Waals surface area contributed by atoms with Crippen LogP contribution >= 0.6 is 11.3 Å². The van der Waals surface area contributed by atoms with Crippen LogP contribution in [0.5, 0.6) is 0 Å². The number of para-hydroxylation sites is 1. The van der Waals surface area contributed by atoms with Crippen molar-refractivity contribution in [1.29, 1.82) is 0 Å². The van der Waals surface area contributed by atoms with Crippen molar-refractivity contribution in [2.24, 2.45) is 7.05 Å². The van der Waals surface area contributed by atoms with E-state index in [4.69, 9.17) is 0 Å². The van der Waals surface area contributed by atoms with Crippen molar-refractivity contribution in [3.8, 4) is 10.7 Å². The van der Waals surface area contributed by atoms with Gasteiger partial charge in [0.2, 0.25) is 0 Å². The molecule has 0 aliphatic rings. The molecule has 5 heteroatoms. The van der Waals surface area contributed by atoms with Crippen molar-refractivity contribution in [3.05, 3.63) is 77.3 Å². The maximum Gasteiger partial charge on any atom is 0.271 e. The highest BCUT2D eigenvalue weighted by atomic mass is 32.1. The molecule has 4 rings (SSSR count). The minimum absolute atomic E-state index is 0.0634. The van der Waals surface area contributed by atoms with Gasteiger partial charge in [-0.2, -0.15) is 0 Å². The number of nitrogens with zero attached hydrogens (tertiary/aromatic N) is 2. The maximum atomic E-state index is 12.6. The molecule has 4 nitrogen and oxygen atoms in total. The zero-order valence-corrected chi connectivity index (χ0v) is 15.5. The van der Waals surface area contributed by atoms with Crippen LogP contribution in [0, 0.1) is 0 Å². The first-order valence-electron chi connectivity index (χ1n) is 8.49. The summed E-state index contributed by atoms with van der Waals surface area (Å²) in [7, 11) is 2.02. The van der Waals surface area contributed by atoms with Gasteiger partial charge in [-0.3, -0.25) is 4.79 Å². The molecule has 4 aromatic rings. The summed E-state index contributed by atoms with van der Waals surface area (Å²) in [6, 6.07) is 20.2. The molecule has 130 valence electrons. The number of hydrogen-bond donors (Lipinski definition) is 1. The van der Waals surface area contributed by atoms with Gasteiger partial charge in [0, 0.05) is 23.3 Å². The molecule has 1 unspecified atom stereocenters. The number of benzene rings is 2. The minimum atomic E-state index is -0.150. The SMILES string of the molecule is CC(NC(=O)c1csc(-c2cc3ccccc3n2C)n1)c1ccccc1. The second-order valence-corrected chi connectivity index (χ2v) is 7.15. The summed E-state index contributed by atoms with van der Waals surface area (Å²) in [6.07, 6.45) is 0. The Morgan fingerprint density at radius 3 is 2.62 bits per heavy atom. The van der Waals surface area contributed by atoms with Gasteiger partial charge in [-0.1, -0.05) is 48.5 Å². The molecular formula is C21H19N3OS. The van der Waals surface area contributed by atoms with Crippen molar-refractivity contribution in [1.82, 2.24) is 14.9 Å². The number of hydrogen-bond acceptors (Lipinski definition) is 3. The molecule has 2 aromatic heterocycles. The van der Waals surface area contributed by atoms with E-state index in [0.717, 1.165) is 21.8 Å². The van der Waals surface area contributed by atoms with E-state index in [9.17, 15) is 4.79 Å². The second kappa shape index (κ2) is 6.77. The van der Waals surface area contributed by atoms with E-state index in [1.54, 1.807) is 0 Å². The number of carbonyl (C=O) groups is 1. The zero-order valence-electron chi connectivity index (χ0n) is 14.6.